The average molecular weight is 286 g/mol. The summed E-state index contributed by atoms with van der Waals surface area (Å²) in [5.41, 5.74) is 2.53. The molecule has 3 heteroatoms. The van der Waals surface area contributed by atoms with E-state index < -0.39 is 0 Å². The van der Waals surface area contributed by atoms with E-state index in [1.165, 1.54) is 34.0 Å². The first-order chi connectivity index (χ1) is 9.74. The van der Waals surface area contributed by atoms with Crippen LogP contribution < -0.4 is 5.32 Å². The molecule has 0 bridgehead atoms. The molecule has 2 aromatic rings. The minimum absolute atomic E-state index is 0.678. The molecule has 1 saturated carbocycles. The van der Waals surface area contributed by atoms with Crippen LogP contribution in [-0.2, 0) is 6.54 Å². The first kappa shape index (κ1) is 13.8. The van der Waals surface area contributed by atoms with Crippen molar-refractivity contribution >= 4 is 11.3 Å². The van der Waals surface area contributed by atoms with Gasteiger partial charge in [0.1, 0.15) is 0 Å². The van der Waals surface area contributed by atoms with Crippen LogP contribution >= 0.6 is 11.3 Å². The van der Waals surface area contributed by atoms with Gasteiger partial charge in [0.2, 0.25) is 0 Å². The third kappa shape index (κ3) is 3.28. The SMILES string of the molecule is CC(C)CNCc1nc(C2CC2)sc1-c1ccccc1. The van der Waals surface area contributed by atoms with Gasteiger partial charge in [-0.25, -0.2) is 4.98 Å². The molecule has 106 valence electrons. The highest BCUT2D eigenvalue weighted by Crippen LogP contribution is 2.44. The molecule has 2 nitrogen and oxygen atoms in total. The third-order valence-corrected chi connectivity index (χ3v) is 4.83. The van der Waals surface area contributed by atoms with Crippen molar-refractivity contribution in [3.05, 3.63) is 41.0 Å². The number of nitrogens with zero attached hydrogens (tertiary/aromatic N) is 1. The Morgan fingerprint density at radius 1 is 1.25 bits per heavy atom. The molecule has 1 aliphatic rings. The fourth-order valence-electron chi connectivity index (χ4n) is 2.29. The van der Waals surface area contributed by atoms with Gasteiger partial charge in [-0.15, -0.1) is 11.3 Å². The largest absolute Gasteiger partial charge is 0.311 e. The Kier molecular flexibility index (Phi) is 4.18. The smallest absolute Gasteiger partial charge is 0.0966 e. The van der Waals surface area contributed by atoms with Crippen molar-refractivity contribution in [2.45, 2.75) is 39.2 Å². The van der Waals surface area contributed by atoms with Gasteiger partial charge in [0, 0.05) is 12.5 Å². The summed E-state index contributed by atoms with van der Waals surface area (Å²) in [5, 5.41) is 4.87. The third-order valence-electron chi connectivity index (χ3n) is 3.52. The lowest BCUT2D eigenvalue weighted by Gasteiger charge is -2.07. The molecule has 1 fully saturated rings. The molecule has 1 aliphatic carbocycles. The van der Waals surface area contributed by atoms with Gasteiger partial charge in [-0.05, 0) is 30.9 Å². The standard InChI is InChI=1S/C17H22N2S/c1-12(2)10-18-11-15-16(13-6-4-3-5-7-13)20-17(19-15)14-8-9-14/h3-7,12,14,18H,8-11H2,1-2H3. The molecule has 1 heterocycles. The lowest BCUT2D eigenvalue weighted by Crippen LogP contribution is -2.19. The number of thiazole rings is 1. The van der Waals surface area contributed by atoms with Crippen LogP contribution in [0.2, 0.25) is 0 Å². The summed E-state index contributed by atoms with van der Waals surface area (Å²) in [6.45, 7) is 6.40. The molecule has 0 amide bonds. The maximum atomic E-state index is 4.90. The van der Waals surface area contributed by atoms with Crippen molar-refractivity contribution in [3.63, 3.8) is 0 Å². The molecular formula is C17H22N2S. The molecule has 1 aromatic carbocycles. The maximum Gasteiger partial charge on any atom is 0.0966 e. The zero-order valence-electron chi connectivity index (χ0n) is 12.2. The van der Waals surface area contributed by atoms with Crippen molar-refractivity contribution in [1.82, 2.24) is 10.3 Å². The summed E-state index contributed by atoms with van der Waals surface area (Å²) in [6.07, 6.45) is 2.64. The zero-order valence-corrected chi connectivity index (χ0v) is 13.0. The Hall–Kier alpha value is -1.19. The summed E-state index contributed by atoms with van der Waals surface area (Å²) in [7, 11) is 0. The molecule has 3 rings (SSSR count). The second kappa shape index (κ2) is 6.06. The van der Waals surface area contributed by atoms with Crippen LogP contribution in [0.1, 0.15) is 43.3 Å². The molecule has 1 aromatic heterocycles. The van der Waals surface area contributed by atoms with Crippen LogP contribution in [-0.4, -0.2) is 11.5 Å². The Balaban J connectivity index is 1.83. The molecule has 0 atom stereocenters. The predicted molar refractivity (Wildman–Crippen MR) is 86.1 cm³/mol. The number of rotatable bonds is 6. The molecule has 0 unspecified atom stereocenters. The highest BCUT2D eigenvalue weighted by atomic mass is 32.1. The average Bonchev–Trinajstić information content (AvgIpc) is 3.21. The highest BCUT2D eigenvalue weighted by Gasteiger charge is 2.28. The number of hydrogen-bond donors (Lipinski definition) is 1. The Bertz CT molecular complexity index is 556. The van der Waals surface area contributed by atoms with Gasteiger partial charge in [-0.2, -0.15) is 0 Å². The number of aromatic nitrogens is 1. The van der Waals surface area contributed by atoms with Crippen LogP contribution in [0.4, 0.5) is 0 Å². The van der Waals surface area contributed by atoms with E-state index in [1.807, 2.05) is 11.3 Å². The quantitative estimate of drug-likeness (QED) is 0.849. The Morgan fingerprint density at radius 2 is 2.00 bits per heavy atom. The van der Waals surface area contributed by atoms with E-state index in [2.05, 4.69) is 49.5 Å². The van der Waals surface area contributed by atoms with E-state index in [0.29, 0.717) is 5.92 Å². The fraction of sp³-hybridized carbons (Fsp3) is 0.471. The highest BCUT2D eigenvalue weighted by molar-refractivity contribution is 7.15. The molecular weight excluding hydrogens is 264 g/mol. The van der Waals surface area contributed by atoms with Crippen LogP contribution in [0.5, 0.6) is 0 Å². The molecule has 0 spiro atoms. The zero-order chi connectivity index (χ0) is 13.9. The number of hydrogen-bond acceptors (Lipinski definition) is 3. The molecule has 0 aliphatic heterocycles. The molecule has 0 radical (unpaired) electrons. The van der Waals surface area contributed by atoms with Crippen molar-refractivity contribution < 1.29 is 0 Å². The van der Waals surface area contributed by atoms with Crippen LogP contribution in [0.3, 0.4) is 0 Å². The topological polar surface area (TPSA) is 24.9 Å². The minimum atomic E-state index is 0.678. The van der Waals surface area contributed by atoms with Gasteiger partial charge in [-0.1, -0.05) is 44.2 Å². The Morgan fingerprint density at radius 3 is 2.65 bits per heavy atom. The van der Waals surface area contributed by atoms with Crippen molar-refractivity contribution in [2.24, 2.45) is 5.92 Å². The Labute approximate surface area is 125 Å². The maximum absolute atomic E-state index is 4.90. The summed E-state index contributed by atoms with van der Waals surface area (Å²) in [6, 6.07) is 10.7. The summed E-state index contributed by atoms with van der Waals surface area (Å²) in [4.78, 5) is 6.25. The van der Waals surface area contributed by atoms with E-state index in [-0.39, 0.29) is 0 Å². The minimum Gasteiger partial charge on any atom is -0.311 e. The lowest BCUT2D eigenvalue weighted by molar-refractivity contribution is 0.549. The van der Waals surface area contributed by atoms with Crippen LogP contribution in [0.25, 0.3) is 10.4 Å². The number of nitrogens with one attached hydrogen (secondary N) is 1. The fourth-order valence-corrected chi connectivity index (χ4v) is 3.55. The van der Waals surface area contributed by atoms with E-state index in [9.17, 15) is 0 Å². The van der Waals surface area contributed by atoms with Gasteiger partial charge in [-0.3, -0.25) is 0 Å². The van der Waals surface area contributed by atoms with Crippen LogP contribution in [0.15, 0.2) is 30.3 Å². The summed E-state index contributed by atoms with van der Waals surface area (Å²) in [5.74, 6) is 1.41. The first-order valence-corrected chi connectivity index (χ1v) is 8.31. The van der Waals surface area contributed by atoms with Gasteiger partial charge in [0.25, 0.3) is 0 Å². The summed E-state index contributed by atoms with van der Waals surface area (Å²) < 4.78 is 0. The molecule has 1 N–H and O–H groups in total. The van der Waals surface area contributed by atoms with Gasteiger partial charge in [0.15, 0.2) is 0 Å². The number of benzene rings is 1. The van der Waals surface area contributed by atoms with E-state index >= 15 is 0 Å². The predicted octanol–water partition coefficient (Wildman–Crippen LogP) is 4.43. The van der Waals surface area contributed by atoms with Gasteiger partial charge in [0.05, 0.1) is 15.6 Å². The second-order valence-electron chi connectivity index (χ2n) is 5.99. The van der Waals surface area contributed by atoms with Gasteiger partial charge >= 0.3 is 0 Å². The first-order valence-electron chi connectivity index (χ1n) is 7.49. The lowest BCUT2D eigenvalue weighted by atomic mass is 10.1. The second-order valence-corrected chi connectivity index (χ2v) is 7.02. The monoisotopic (exact) mass is 286 g/mol. The normalized spacial score (nSPS) is 14.9. The molecule has 0 saturated heterocycles. The molecule has 20 heavy (non-hydrogen) atoms. The van der Waals surface area contributed by atoms with E-state index in [4.69, 9.17) is 4.98 Å². The van der Waals surface area contributed by atoms with Crippen molar-refractivity contribution in [2.75, 3.05) is 6.54 Å². The van der Waals surface area contributed by atoms with Crippen molar-refractivity contribution in [1.29, 1.82) is 0 Å². The van der Waals surface area contributed by atoms with E-state index in [1.54, 1.807) is 0 Å². The van der Waals surface area contributed by atoms with E-state index in [0.717, 1.165) is 19.0 Å². The van der Waals surface area contributed by atoms with Gasteiger partial charge < -0.3 is 5.32 Å². The summed E-state index contributed by atoms with van der Waals surface area (Å²) >= 11 is 1.89. The van der Waals surface area contributed by atoms with Crippen LogP contribution in [0, 0.1) is 5.92 Å². The van der Waals surface area contributed by atoms with Crippen molar-refractivity contribution in [3.8, 4) is 10.4 Å².